The molecular weight excluding hydrogens is 308 g/mol. The molecule has 128 valence electrons. The molecule has 1 fully saturated rings. The number of likely N-dealkylation sites (N-methyl/N-ethyl adjacent to an activating group) is 1. The molecule has 3 heterocycles. The van der Waals surface area contributed by atoms with Crippen LogP contribution < -0.4 is 10.1 Å². The lowest BCUT2D eigenvalue weighted by Gasteiger charge is -2.25. The van der Waals surface area contributed by atoms with Gasteiger partial charge in [0.1, 0.15) is 12.1 Å². The number of nitrogens with one attached hydrogen (secondary N) is 1. The van der Waals surface area contributed by atoms with Gasteiger partial charge in [0.05, 0.1) is 24.9 Å². The van der Waals surface area contributed by atoms with Crippen molar-refractivity contribution in [3.8, 4) is 5.88 Å². The summed E-state index contributed by atoms with van der Waals surface area (Å²) >= 11 is 0. The van der Waals surface area contributed by atoms with Gasteiger partial charge >= 0.3 is 0 Å². The Bertz CT molecular complexity index is 744. The van der Waals surface area contributed by atoms with Gasteiger partial charge in [-0.3, -0.25) is 9.48 Å². The minimum absolute atomic E-state index is 0.0864. The first-order valence-electron chi connectivity index (χ1n) is 7.96. The maximum Gasteiger partial charge on any atom is 0.225 e. The van der Waals surface area contributed by atoms with E-state index in [-0.39, 0.29) is 18.0 Å². The van der Waals surface area contributed by atoms with E-state index in [9.17, 15) is 4.79 Å². The summed E-state index contributed by atoms with van der Waals surface area (Å²) in [7, 11) is 3.73. The molecule has 1 aliphatic rings. The van der Waals surface area contributed by atoms with Crippen molar-refractivity contribution >= 4 is 11.7 Å². The van der Waals surface area contributed by atoms with Crippen LogP contribution in [0.25, 0.3) is 0 Å². The average molecular weight is 330 g/mol. The molecule has 2 aromatic heterocycles. The van der Waals surface area contributed by atoms with E-state index in [1.165, 1.54) is 6.33 Å². The van der Waals surface area contributed by atoms with Crippen LogP contribution in [0.5, 0.6) is 5.88 Å². The number of carbonyl (C=O) groups is 1. The van der Waals surface area contributed by atoms with E-state index < -0.39 is 0 Å². The van der Waals surface area contributed by atoms with E-state index in [0.717, 1.165) is 11.3 Å². The standard InChI is InChI=1S/C16H22N6O2/c1-5-24-14-7-13(17-9-18-14)20-12-6-15(23)21(3)16(12)11-8-19-22(4)10(11)2/h7-9,12,16H,5-6H2,1-4H3,(H,17,18,20)/t12-,16+/m1/s1. The van der Waals surface area contributed by atoms with Gasteiger partial charge in [-0.1, -0.05) is 0 Å². The van der Waals surface area contributed by atoms with Gasteiger partial charge in [-0.15, -0.1) is 0 Å². The van der Waals surface area contributed by atoms with E-state index >= 15 is 0 Å². The molecule has 0 aromatic carbocycles. The lowest BCUT2D eigenvalue weighted by molar-refractivity contribution is -0.127. The number of amides is 1. The summed E-state index contributed by atoms with van der Waals surface area (Å²) in [6.07, 6.45) is 3.69. The number of aryl methyl sites for hydroxylation is 1. The summed E-state index contributed by atoms with van der Waals surface area (Å²) < 4.78 is 7.23. The predicted octanol–water partition coefficient (Wildman–Crippen LogP) is 1.30. The fourth-order valence-corrected chi connectivity index (χ4v) is 3.07. The Kier molecular flexibility index (Phi) is 4.37. The number of ether oxygens (including phenoxy) is 1. The molecule has 0 unspecified atom stereocenters. The van der Waals surface area contributed by atoms with Gasteiger partial charge in [0.15, 0.2) is 0 Å². The maximum atomic E-state index is 12.2. The number of aromatic nitrogens is 4. The quantitative estimate of drug-likeness (QED) is 0.889. The smallest absolute Gasteiger partial charge is 0.225 e. The van der Waals surface area contributed by atoms with Crippen molar-refractivity contribution in [1.82, 2.24) is 24.6 Å². The second kappa shape index (κ2) is 6.46. The molecule has 0 saturated carbocycles. The van der Waals surface area contributed by atoms with Crippen molar-refractivity contribution < 1.29 is 9.53 Å². The van der Waals surface area contributed by atoms with Gasteiger partial charge in [0.2, 0.25) is 11.8 Å². The Morgan fingerprint density at radius 1 is 1.38 bits per heavy atom. The predicted molar refractivity (Wildman–Crippen MR) is 88.7 cm³/mol. The Morgan fingerprint density at radius 3 is 2.83 bits per heavy atom. The van der Waals surface area contributed by atoms with Crippen LogP contribution in [0, 0.1) is 6.92 Å². The number of nitrogens with zero attached hydrogens (tertiary/aromatic N) is 5. The fourth-order valence-electron chi connectivity index (χ4n) is 3.07. The third kappa shape index (κ3) is 2.91. The molecule has 1 saturated heterocycles. The van der Waals surface area contributed by atoms with E-state index in [1.54, 1.807) is 11.0 Å². The lowest BCUT2D eigenvalue weighted by Crippen LogP contribution is -2.30. The molecule has 1 amide bonds. The SMILES string of the molecule is CCOc1cc(N[C@@H]2CC(=O)N(C)[C@H]2c2cnn(C)c2C)ncn1. The van der Waals surface area contributed by atoms with Gasteiger partial charge < -0.3 is 15.0 Å². The molecule has 1 N–H and O–H groups in total. The largest absolute Gasteiger partial charge is 0.478 e. The van der Waals surface area contributed by atoms with E-state index in [1.807, 2.05) is 38.8 Å². The van der Waals surface area contributed by atoms with Crippen molar-refractivity contribution in [1.29, 1.82) is 0 Å². The van der Waals surface area contributed by atoms with Crippen molar-refractivity contribution in [3.05, 3.63) is 29.8 Å². The highest BCUT2D eigenvalue weighted by atomic mass is 16.5. The monoisotopic (exact) mass is 330 g/mol. The molecule has 2 atom stereocenters. The summed E-state index contributed by atoms with van der Waals surface area (Å²) in [5, 5.41) is 7.66. The Morgan fingerprint density at radius 2 is 2.17 bits per heavy atom. The van der Waals surface area contributed by atoms with Crippen molar-refractivity contribution in [2.24, 2.45) is 7.05 Å². The first-order valence-corrected chi connectivity index (χ1v) is 7.96. The Balaban J connectivity index is 1.87. The van der Waals surface area contributed by atoms with Crippen LogP contribution in [-0.4, -0.2) is 50.3 Å². The van der Waals surface area contributed by atoms with Gasteiger partial charge in [0, 0.05) is 37.8 Å². The van der Waals surface area contributed by atoms with E-state index in [2.05, 4.69) is 20.4 Å². The zero-order chi connectivity index (χ0) is 17.3. The minimum atomic E-state index is -0.0882. The number of likely N-dealkylation sites (tertiary alicyclic amines) is 1. The molecule has 0 aliphatic carbocycles. The number of rotatable bonds is 5. The molecule has 8 heteroatoms. The normalized spacial score (nSPS) is 20.5. The highest BCUT2D eigenvalue weighted by Crippen LogP contribution is 2.35. The third-order valence-corrected chi connectivity index (χ3v) is 4.45. The number of hydrogen-bond acceptors (Lipinski definition) is 6. The topological polar surface area (TPSA) is 85.2 Å². The molecule has 1 aliphatic heterocycles. The molecular formula is C16H22N6O2. The average Bonchev–Trinajstić information content (AvgIpc) is 3.01. The van der Waals surface area contributed by atoms with Crippen LogP contribution in [-0.2, 0) is 11.8 Å². The second-order valence-corrected chi connectivity index (χ2v) is 5.89. The van der Waals surface area contributed by atoms with Crippen LogP contribution in [0.3, 0.4) is 0 Å². The Labute approximate surface area is 140 Å². The van der Waals surface area contributed by atoms with Crippen molar-refractivity contribution in [2.75, 3.05) is 19.0 Å². The summed E-state index contributed by atoms with van der Waals surface area (Å²) in [5.41, 5.74) is 2.09. The van der Waals surface area contributed by atoms with Crippen LogP contribution in [0.1, 0.15) is 30.6 Å². The highest BCUT2D eigenvalue weighted by Gasteiger charge is 2.40. The Hall–Kier alpha value is -2.64. The van der Waals surface area contributed by atoms with Crippen LogP contribution in [0.15, 0.2) is 18.6 Å². The van der Waals surface area contributed by atoms with Gasteiger partial charge in [-0.05, 0) is 13.8 Å². The van der Waals surface area contributed by atoms with Gasteiger partial charge in [0.25, 0.3) is 0 Å². The fraction of sp³-hybridized carbons (Fsp3) is 0.500. The molecule has 3 rings (SSSR count). The van der Waals surface area contributed by atoms with E-state index in [4.69, 9.17) is 4.74 Å². The first kappa shape index (κ1) is 16.2. The number of hydrogen-bond donors (Lipinski definition) is 1. The van der Waals surface area contributed by atoms with Crippen molar-refractivity contribution in [3.63, 3.8) is 0 Å². The molecule has 0 bridgehead atoms. The van der Waals surface area contributed by atoms with Gasteiger partial charge in [-0.25, -0.2) is 9.97 Å². The maximum absolute atomic E-state index is 12.2. The number of anilines is 1. The molecule has 24 heavy (non-hydrogen) atoms. The second-order valence-electron chi connectivity index (χ2n) is 5.89. The summed E-state index contributed by atoms with van der Waals surface area (Å²) in [6, 6.07) is 1.57. The minimum Gasteiger partial charge on any atom is -0.478 e. The van der Waals surface area contributed by atoms with Crippen LogP contribution in [0.4, 0.5) is 5.82 Å². The third-order valence-electron chi connectivity index (χ3n) is 4.45. The van der Waals surface area contributed by atoms with Gasteiger partial charge in [-0.2, -0.15) is 5.10 Å². The van der Waals surface area contributed by atoms with Crippen molar-refractivity contribution in [2.45, 2.75) is 32.4 Å². The first-order chi connectivity index (χ1) is 11.5. The summed E-state index contributed by atoms with van der Waals surface area (Å²) in [5.74, 6) is 1.26. The zero-order valence-corrected chi connectivity index (χ0v) is 14.4. The lowest BCUT2D eigenvalue weighted by atomic mass is 10.0. The molecule has 8 nitrogen and oxygen atoms in total. The van der Waals surface area contributed by atoms with E-state index in [0.29, 0.717) is 24.7 Å². The number of carbonyl (C=O) groups excluding carboxylic acids is 1. The molecule has 0 spiro atoms. The molecule has 0 radical (unpaired) electrons. The van der Waals surface area contributed by atoms with Crippen LogP contribution in [0.2, 0.25) is 0 Å². The summed E-state index contributed by atoms with van der Waals surface area (Å²) in [6.45, 7) is 4.45. The van der Waals surface area contributed by atoms with Crippen LogP contribution >= 0.6 is 0 Å². The zero-order valence-electron chi connectivity index (χ0n) is 14.4. The highest BCUT2D eigenvalue weighted by molar-refractivity contribution is 5.81. The molecule has 2 aromatic rings. The summed E-state index contributed by atoms with van der Waals surface area (Å²) in [4.78, 5) is 22.3.